The van der Waals surface area contributed by atoms with Crippen LogP contribution in [-0.4, -0.2) is 30.6 Å². The molecule has 0 aliphatic rings. The van der Waals surface area contributed by atoms with Gasteiger partial charge >= 0.3 is 0 Å². The summed E-state index contributed by atoms with van der Waals surface area (Å²) in [6.45, 7) is 0.906. The number of nitriles is 1. The molecule has 2 aromatic rings. The summed E-state index contributed by atoms with van der Waals surface area (Å²) >= 11 is 0. The van der Waals surface area contributed by atoms with Crippen LogP contribution in [0.1, 0.15) is 41.0 Å². The summed E-state index contributed by atoms with van der Waals surface area (Å²) in [6.07, 6.45) is 2.78. The fourth-order valence-corrected chi connectivity index (χ4v) is 3.14. The zero-order valence-corrected chi connectivity index (χ0v) is 14.9. The van der Waals surface area contributed by atoms with Crippen molar-refractivity contribution in [2.75, 3.05) is 20.6 Å². The summed E-state index contributed by atoms with van der Waals surface area (Å²) in [6, 6.07) is 14.2. The Morgan fingerprint density at radius 1 is 1.16 bits per heavy atom. The van der Waals surface area contributed by atoms with Gasteiger partial charge in [0.25, 0.3) is 0 Å². The highest BCUT2D eigenvalue weighted by Crippen LogP contribution is 2.29. The molecule has 1 atom stereocenters. The van der Waals surface area contributed by atoms with Gasteiger partial charge in [-0.1, -0.05) is 18.2 Å². The Kier molecular flexibility index (Phi) is 7.12. The van der Waals surface area contributed by atoms with Crippen molar-refractivity contribution in [1.29, 1.82) is 5.26 Å². The van der Waals surface area contributed by atoms with Crippen molar-refractivity contribution in [3.8, 4) is 6.07 Å². The molecular formula is C21H25FN2O. The van der Waals surface area contributed by atoms with E-state index in [1.54, 1.807) is 12.1 Å². The van der Waals surface area contributed by atoms with Gasteiger partial charge in [0.1, 0.15) is 5.82 Å². The molecule has 0 radical (unpaired) electrons. The van der Waals surface area contributed by atoms with Crippen LogP contribution >= 0.6 is 0 Å². The molecule has 0 saturated heterocycles. The zero-order chi connectivity index (χ0) is 18.2. The van der Waals surface area contributed by atoms with Crippen molar-refractivity contribution in [2.24, 2.45) is 0 Å². The topological polar surface area (TPSA) is 47.3 Å². The molecule has 0 bridgehead atoms. The Labute approximate surface area is 149 Å². The van der Waals surface area contributed by atoms with Crippen LogP contribution in [-0.2, 0) is 13.0 Å². The van der Waals surface area contributed by atoms with E-state index in [1.165, 1.54) is 12.1 Å². The lowest BCUT2D eigenvalue weighted by Gasteiger charge is -2.21. The maximum absolute atomic E-state index is 13.2. The first kappa shape index (κ1) is 19.1. The summed E-state index contributed by atoms with van der Waals surface area (Å²) in [4.78, 5) is 2.15. The van der Waals surface area contributed by atoms with E-state index in [9.17, 15) is 9.50 Å². The normalized spacial score (nSPS) is 12.2. The molecule has 1 N–H and O–H groups in total. The number of rotatable bonds is 8. The van der Waals surface area contributed by atoms with Crippen LogP contribution in [0.5, 0.6) is 0 Å². The molecule has 0 aromatic heterocycles. The lowest BCUT2D eigenvalue weighted by Crippen LogP contribution is -2.15. The summed E-state index contributed by atoms with van der Waals surface area (Å²) < 4.78 is 13.2. The fourth-order valence-electron chi connectivity index (χ4n) is 3.14. The minimum Gasteiger partial charge on any atom is -0.392 e. The Morgan fingerprint density at radius 3 is 2.48 bits per heavy atom. The Hall–Kier alpha value is -2.22. The number of hydrogen-bond acceptors (Lipinski definition) is 3. The van der Waals surface area contributed by atoms with Crippen molar-refractivity contribution in [1.82, 2.24) is 4.90 Å². The van der Waals surface area contributed by atoms with E-state index in [2.05, 4.69) is 25.1 Å². The maximum Gasteiger partial charge on any atom is 0.123 e. The second-order valence-electron chi connectivity index (χ2n) is 6.66. The van der Waals surface area contributed by atoms with E-state index in [0.717, 1.165) is 42.5 Å². The van der Waals surface area contributed by atoms with Crippen LogP contribution in [0.4, 0.5) is 4.39 Å². The van der Waals surface area contributed by atoms with Crippen molar-refractivity contribution < 1.29 is 9.50 Å². The first-order valence-corrected chi connectivity index (χ1v) is 8.56. The molecule has 2 aromatic carbocycles. The second kappa shape index (κ2) is 9.31. The maximum atomic E-state index is 13.2. The van der Waals surface area contributed by atoms with Gasteiger partial charge in [-0.2, -0.15) is 5.26 Å². The first-order chi connectivity index (χ1) is 12.0. The molecule has 0 amide bonds. The standard InChI is InChI=1S/C21H25FN2O/c1-24(2)11-3-4-18(12-16-5-8-20(22)9-6-16)21-10-7-17(14-23)13-19(21)15-25/h5-10,13,18,25H,3-4,11-12,15H2,1-2H3. The van der Waals surface area contributed by atoms with Crippen LogP contribution in [0.3, 0.4) is 0 Å². The van der Waals surface area contributed by atoms with Crippen LogP contribution in [0.15, 0.2) is 42.5 Å². The zero-order valence-electron chi connectivity index (χ0n) is 14.9. The molecular weight excluding hydrogens is 315 g/mol. The predicted octanol–water partition coefficient (Wildman–Crippen LogP) is 3.86. The molecule has 132 valence electrons. The highest BCUT2D eigenvalue weighted by molar-refractivity contribution is 5.40. The van der Waals surface area contributed by atoms with Gasteiger partial charge in [-0.25, -0.2) is 4.39 Å². The highest BCUT2D eigenvalue weighted by atomic mass is 19.1. The van der Waals surface area contributed by atoms with Gasteiger partial charge in [0.15, 0.2) is 0 Å². The highest BCUT2D eigenvalue weighted by Gasteiger charge is 2.17. The number of halogens is 1. The monoisotopic (exact) mass is 340 g/mol. The lowest BCUT2D eigenvalue weighted by atomic mass is 9.85. The number of benzene rings is 2. The average Bonchev–Trinajstić information content (AvgIpc) is 2.61. The minimum atomic E-state index is -0.234. The van der Waals surface area contributed by atoms with Gasteiger partial charge in [-0.3, -0.25) is 0 Å². The average molecular weight is 340 g/mol. The van der Waals surface area contributed by atoms with Gasteiger partial charge < -0.3 is 10.0 Å². The second-order valence-corrected chi connectivity index (χ2v) is 6.66. The van der Waals surface area contributed by atoms with Crippen LogP contribution in [0.2, 0.25) is 0 Å². The van der Waals surface area contributed by atoms with Crippen LogP contribution in [0.25, 0.3) is 0 Å². The van der Waals surface area contributed by atoms with Crippen molar-refractivity contribution in [3.63, 3.8) is 0 Å². The number of nitrogens with zero attached hydrogens (tertiary/aromatic N) is 2. The molecule has 2 rings (SSSR count). The van der Waals surface area contributed by atoms with E-state index >= 15 is 0 Å². The lowest BCUT2D eigenvalue weighted by molar-refractivity contribution is 0.279. The fraction of sp³-hybridized carbons (Fsp3) is 0.381. The van der Waals surface area contributed by atoms with E-state index < -0.39 is 0 Å². The predicted molar refractivity (Wildman–Crippen MR) is 97.7 cm³/mol. The van der Waals surface area contributed by atoms with Crippen molar-refractivity contribution in [2.45, 2.75) is 31.8 Å². The molecule has 1 unspecified atom stereocenters. The van der Waals surface area contributed by atoms with E-state index in [0.29, 0.717) is 5.56 Å². The quantitative estimate of drug-likeness (QED) is 0.794. The third kappa shape index (κ3) is 5.67. The molecule has 25 heavy (non-hydrogen) atoms. The summed E-state index contributed by atoms with van der Waals surface area (Å²) in [5.74, 6) is -0.0115. The molecule has 3 nitrogen and oxygen atoms in total. The molecule has 0 aliphatic carbocycles. The smallest absolute Gasteiger partial charge is 0.123 e. The molecule has 0 spiro atoms. The third-order valence-electron chi connectivity index (χ3n) is 4.44. The summed E-state index contributed by atoms with van der Waals surface area (Å²) in [5, 5.41) is 18.8. The van der Waals surface area contributed by atoms with Gasteiger partial charge in [0.2, 0.25) is 0 Å². The Bertz CT molecular complexity index is 720. The van der Waals surface area contributed by atoms with Crippen molar-refractivity contribution in [3.05, 3.63) is 70.5 Å². The molecule has 0 heterocycles. The van der Waals surface area contributed by atoms with Gasteiger partial charge in [-0.05, 0) is 86.8 Å². The number of aliphatic hydroxyl groups is 1. The SMILES string of the molecule is CN(C)CCCC(Cc1ccc(F)cc1)c1ccc(C#N)cc1CO. The Balaban J connectivity index is 2.27. The van der Waals surface area contributed by atoms with Crippen LogP contribution in [0, 0.1) is 17.1 Å². The molecule has 4 heteroatoms. The Morgan fingerprint density at radius 2 is 1.88 bits per heavy atom. The first-order valence-electron chi connectivity index (χ1n) is 8.56. The van der Waals surface area contributed by atoms with E-state index in [4.69, 9.17) is 5.26 Å². The van der Waals surface area contributed by atoms with Gasteiger partial charge in [0.05, 0.1) is 18.2 Å². The summed E-state index contributed by atoms with van der Waals surface area (Å²) in [7, 11) is 4.10. The van der Waals surface area contributed by atoms with Crippen molar-refractivity contribution >= 4 is 0 Å². The third-order valence-corrected chi connectivity index (χ3v) is 4.44. The molecule has 0 saturated carbocycles. The number of aliphatic hydroxyl groups excluding tert-OH is 1. The largest absolute Gasteiger partial charge is 0.392 e. The molecule has 0 aliphatic heterocycles. The summed E-state index contributed by atoms with van der Waals surface area (Å²) in [5.41, 5.74) is 3.51. The number of hydrogen-bond donors (Lipinski definition) is 1. The van der Waals surface area contributed by atoms with Gasteiger partial charge in [0, 0.05) is 0 Å². The molecule has 0 fully saturated rings. The van der Waals surface area contributed by atoms with Gasteiger partial charge in [-0.15, -0.1) is 0 Å². The van der Waals surface area contributed by atoms with Crippen LogP contribution < -0.4 is 0 Å². The van der Waals surface area contributed by atoms with E-state index in [-0.39, 0.29) is 18.3 Å². The van der Waals surface area contributed by atoms with E-state index in [1.807, 2.05) is 18.2 Å². The minimum absolute atomic E-state index is 0.0849.